The number of aliphatic carboxylic acids is 1. The zero-order valence-electron chi connectivity index (χ0n) is 16.8. The van der Waals surface area contributed by atoms with Crippen molar-refractivity contribution >= 4 is 55.7 Å². The van der Waals surface area contributed by atoms with Crippen molar-refractivity contribution < 1.29 is 27.4 Å². The molecule has 13 heteroatoms. The van der Waals surface area contributed by atoms with Crippen LogP contribution >= 0.6 is 34.5 Å². The standard InChI is InChI=1S/C20H18Cl2FN3O5S2/c21-13-3-4-16(12(8-13)2-1-5-24-11-19(27)28)31-17-10-15(23)18(9-14(17)22)33(29,30)26-20-25-6-7-32-20/h3-4,6-10,24H,1-2,5,11H2,(H,25,26)(H,27,28). The maximum Gasteiger partial charge on any atom is 0.317 e. The number of nitrogens with zero attached hydrogens (tertiary/aromatic N) is 1. The lowest BCUT2D eigenvalue weighted by atomic mass is 10.1. The summed E-state index contributed by atoms with van der Waals surface area (Å²) in [6, 6.07) is 6.71. The van der Waals surface area contributed by atoms with E-state index in [9.17, 15) is 17.6 Å². The quantitative estimate of drug-likeness (QED) is 0.303. The Morgan fingerprint density at radius 3 is 2.70 bits per heavy atom. The molecule has 1 heterocycles. The van der Waals surface area contributed by atoms with Gasteiger partial charge in [-0.1, -0.05) is 23.2 Å². The monoisotopic (exact) mass is 533 g/mol. The van der Waals surface area contributed by atoms with E-state index < -0.39 is 26.7 Å². The molecule has 0 saturated heterocycles. The third kappa shape index (κ3) is 7.02. The number of carboxylic acids is 1. The third-order valence-electron chi connectivity index (χ3n) is 4.25. The Balaban J connectivity index is 1.78. The van der Waals surface area contributed by atoms with Crippen LogP contribution in [0.25, 0.3) is 0 Å². The lowest BCUT2D eigenvalue weighted by Crippen LogP contribution is -2.23. The number of carbonyl (C=O) groups is 1. The van der Waals surface area contributed by atoms with E-state index in [4.69, 9.17) is 33.0 Å². The SMILES string of the molecule is O=C(O)CNCCCc1cc(Cl)ccc1Oc1cc(F)c(S(=O)(=O)Nc2nccs2)cc1Cl. The van der Waals surface area contributed by atoms with Crippen LogP contribution in [0.1, 0.15) is 12.0 Å². The van der Waals surface area contributed by atoms with Crippen molar-refractivity contribution in [1.29, 1.82) is 0 Å². The molecule has 0 radical (unpaired) electrons. The summed E-state index contributed by atoms with van der Waals surface area (Å²) in [4.78, 5) is 13.7. The molecule has 0 bridgehead atoms. The second-order valence-electron chi connectivity index (χ2n) is 6.68. The van der Waals surface area contributed by atoms with Gasteiger partial charge in [0.1, 0.15) is 22.2 Å². The van der Waals surface area contributed by atoms with E-state index in [0.717, 1.165) is 23.5 Å². The molecule has 2 aromatic carbocycles. The minimum atomic E-state index is -4.25. The zero-order chi connectivity index (χ0) is 24.0. The topological polar surface area (TPSA) is 118 Å². The fourth-order valence-corrected chi connectivity index (χ4v) is 5.14. The number of hydrogen-bond acceptors (Lipinski definition) is 7. The number of thiazole rings is 1. The summed E-state index contributed by atoms with van der Waals surface area (Å²) in [5, 5.41) is 13.5. The number of rotatable bonds is 11. The number of sulfonamides is 1. The highest BCUT2D eigenvalue weighted by atomic mass is 35.5. The molecule has 3 rings (SSSR count). The van der Waals surface area contributed by atoms with E-state index >= 15 is 0 Å². The first kappa shape index (κ1) is 25.2. The maximum atomic E-state index is 14.7. The van der Waals surface area contributed by atoms with Gasteiger partial charge in [-0.3, -0.25) is 9.52 Å². The van der Waals surface area contributed by atoms with Crippen LogP contribution < -0.4 is 14.8 Å². The highest BCUT2D eigenvalue weighted by Gasteiger charge is 2.23. The molecule has 0 saturated carbocycles. The molecule has 0 fully saturated rings. The molecule has 0 spiro atoms. The number of benzene rings is 2. The molecule has 0 unspecified atom stereocenters. The number of hydrogen-bond donors (Lipinski definition) is 3. The van der Waals surface area contributed by atoms with Crippen molar-refractivity contribution in [2.45, 2.75) is 17.7 Å². The van der Waals surface area contributed by atoms with Crippen LogP contribution in [0.15, 0.2) is 46.8 Å². The van der Waals surface area contributed by atoms with Gasteiger partial charge in [-0.15, -0.1) is 11.3 Å². The minimum Gasteiger partial charge on any atom is -0.480 e. The lowest BCUT2D eigenvalue weighted by Gasteiger charge is -2.14. The maximum absolute atomic E-state index is 14.7. The molecular formula is C20H18Cl2FN3O5S2. The van der Waals surface area contributed by atoms with Gasteiger partial charge in [-0.25, -0.2) is 17.8 Å². The Hall–Kier alpha value is -2.44. The number of aromatic nitrogens is 1. The van der Waals surface area contributed by atoms with Gasteiger partial charge in [0, 0.05) is 22.7 Å². The summed E-state index contributed by atoms with van der Waals surface area (Å²) >= 11 is 13.3. The number of nitrogens with one attached hydrogen (secondary N) is 2. The smallest absolute Gasteiger partial charge is 0.317 e. The third-order valence-corrected chi connectivity index (χ3v) is 6.95. The summed E-state index contributed by atoms with van der Waals surface area (Å²) < 4.78 is 47.7. The van der Waals surface area contributed by atoms with Gasteiger partial charge in [-0.05, 0) is 49.2 Å². The van der Waals surface area contributed by atoms with Gasteiger partial charge in [0.2, 0.25) is 0 Å². The highest BCUT2D eigenvalue weighted by Crippen LogP contribution is 2.36. The van der Waals surface area contributed by atoms with Gasteiger partial charge in [-0.2, -0.15) is 0 Å². The summed E-state index contributed by atoms with van der Waals surface area (Å²) in [6.07, 6.45) is 2.49. The van der Waals surface area contributed by atoms with E-state index in [1.54, 1.807) is 23.6 Å². The van der Waals surface area contributed by atoms with Crippen LogP contribution in [0.2, 0.25) is 10.0 Å². The molecule has 0 atom stereocenters. The molecule has 176 valence electrons. The summed E-state index contributed by atoms with van der Waals surface area (Å²) in [7, 11) is -4.25. The molecule has 3 aromatic rings. The molecule has 8 nitrogen and oxygen atoms in total. The minimum absolute atomic E-state index is 0.0741. The number of aryl methyl sites for hydroxylation is 1. The second-order valence-corrected chi connectivity index (χ2v) is 10.1. The van der Waals surface area contributed by atoms with Crippen LogP contribution in [0.4, 0.5) is 9.52 Å². The molecule has 0 aliphatic carbocycles. The van der Waals surface area contributed by atoms with Gasteiger partial charge in [0.05, 0.1) is 11.6 Å². The average Bonchev–Trinajstić information content (AvgIpc) is 3.23. The Morgan fingerprint density at radius 2 is 2.00 bits per heavy atom. The van der Waals surface area contributed by atoms with Gasteiger partial charge < -0.3 is 15.2 Å². The molecule has 0 amide bonds. The van der Waals surface area contributed by atoms with Crippen LogP contribution in [-0.2, 0) is 21.2 Å². The number of carboxylic acid groups (broad SMARTS) is 1. The van der Waals surface area contributed by atoms with E-state index in [1.165, 1.54) is 6.20 Å². The first-order valence-corrected chi connectivity index (χ1v) is 12.6. The Labute approximate surface area is 203 Å². The van der Waals surface area contributed by atoms with Gasteiger partial charge in [0.15, 0.2) is 5.13 Å². The van der Waals surface area contributed by atoms with Crippen molar-refractivity contribution in [2.75, 3.05) is 17.8 Å². The summed E-state index contributed by atoms with van der Waals surface area (Å²) in [6.45, 7) is 0.298. The molecule has 0 aliphatic rings. The molecule has 3 N–H and O–H groups in total. The van der Waals surface area contributed by atoms with Crippen molar-refractivity contribution in [2.24, 2.45) is 0 Å². The van der Waals surface area contributed by atoms with Gasteiger partial charge >= 0.3 is 5.97 Å². The normalized spacial score (nSPS) is 11.4. The van der Waals surface area contributed by atoms with Crippen LogP contribution in [0.5, 0.6) is 11.5 Å². The van der Waals surface area contributed by atoms with E-state index in [1.807, 2.05) is 0 Å². The molecule has 0 aliphatic heterocycles. The fourth-order valence-electron chi connectivity index (χ4n) is 2.80. The van der Waals surface area contributed by atoms with Crippen molar-refractivity contribution in [3.63, 3.8) is 0 Å². The van der Waals surface area contributed by atoms with Gasteiger partial charge in [0.25, 0.3) is 10.0 Å². The van der Waals surface area contributed by atoms with Crippen molar-refractivity contribution in [3.05, 3.63) is 63.3 Å². The number of halogens is 3. The molecular weight excluding hydrogens is 516 g/mol. The highest BCUT2D eigenvalue weighted by molar-refractivity contribution is 7.93. The lowest BCUT2D eigenvalue weighted by molar-refractivity contribution is -0.135. The summed E-state index contributed by atoms with van der Waals surface area (Å²) in [5.74, 6) is -1.72. The van der Waals surface area contributed by atoms with Crippen molar-refractivity contribution in [3.8, 4) is 11.5 Å². The number of anilines is 1. The summed E-state index contributed by atoms with van der Waals surface area (Å²) in [5.41, 5.74) is 0.693. The first-order valence-electron chi connectivity index (χ1n) is 9.46. The number of ether oxygens (including phenoxy) is 1. The van der Waals surface area contributed by atoms with Crippen LogP contribution in [-0.4, -0.2) is 37.6 Å². The van der Waals surface area contributed by atoms with E-state index in [2.05, 4.69) is 15.0 Å². The van der Waals surface area contributed by atoms with E-state index in [-0.39, 0.29) is 22.4 Å². The first-order chi connectivity index (χ1) is 15.7. The zero-order valence-corrected chi connectivity index (χ0v) is 20.0. The van der Waals surface area contributed by atoms with Crippen LogP contribution in [0, 0.1) is 5.82 Å². The average molecular weight is 534 g/mol. The van der Waals surface area contributed by atoms with E-state index in [0.29, 0.717) is 35.7 Å². The largest absolute Gasteiger partial charge is 0.480 e. The van der Waals surface area contributed by atoms with Crippen LogP contribution in [0.3, 0.4) is 0 Å². The Kier molecular flexibility index (Phi) is 8.49. The fraction of sp³-hybridized carbons (Fsp3) is 0.200. The molecule has 33 heavy (non-hydrogen) atoms. The second kappa shape index (κ2) is 11.1. The predicted molar refractivity (Wildman–Crippen MR) is 125 cm³/mol. The molecule has 1 aromatic heterocycles. The van der Waals surface area contributed by atoms with Crippen molar-refractivity contribution in [1.82, 2.24) is 10.3 Å². The Morgan fingerprint density at radius 1 is 1.21 bits per heavy atom. The Bertz CT molecular complexity index is 1240. The predicted octanol–water partition coefficient (Wildman–Crippen LogP) is 4.79.